The van der Waals surface area contributed by atoms with Gasteiger partial charge in [0.1, 0.15) is 11.6 Å². The first-order valence-corrected chi connectivity index (χ1v) is 9.68. The topological polar surface area (TPSA) is 34.0 Å². The number of halogens is 1. The molecule has 0 unspecified atom stereocenters. The molecule has 0 saturated carbocycles. The Morgan fingerprint density at radius 2 is 2.07 bits per heavy atom. The van der Waals surface area contributed by atoms with E-state index in [4.69, 9.17) is 4.98 Å². The fourth-order valence-corrected chi connectivity index (χ4v) is 3.91. The highest BCUT2D eigenvalue weighted by Gasteiger charge is 2.23. The van der Waals surface area contributed by atoms with Crippen LogP contribution in [0.4, 0.5) is 4.39 Å². The predicted octanol–water partition coefficient (Wildman–Crippen LogP) is 4.48. The normalized spacial score (nSPS) is 17.9. The number of pyridine rings is 1. The molecule has 27 heavy (non-hydrogen) atoms. The van der Waals surface area contributed by atoms with Gasteiger partial charge in [0.25, 0.3) is 0 Å². The average molecular weight is 364 g/mol. The van der Waals surface area contributed by atoms with Gasteiger partial charge >= 0.3 is 0 Å². The van der Waals surface area contributed by atoms with E-state index in [1.165, 1.54) is 6.07 Å². The Labute approximate surface area is 159 Å². The summed E-state index contributed by atoms with van der Waals surface area (Å²) in [6.07, 6.45) is 6.22. The van der Waals surface area contributed by atoms with Gasteiger partial charge in [-0.15, -0.1) is 0 Å². The van der Waals surface area contributed by atoms with Crippen molar-refractivity contribution in [2.45, 2.75) is 38.8 Å². The van der Waals surface area contributed by atoms with Gasteiger partial charge in [-0.2, -0.15) is 0 Å². The van der Waals surface area contributed by atoms with E-state index in [0.29, 0.717) is 5.92 Å². The molecule has 4 rings (SSSR count). The van der Waals surface area contributed by atoms with E-state index in [-0.39, 0.29) is 5.82 Å². The van der Waals surface area contributed by atoms with Crippen LogP contribution in [-0.4, -0.2) is 32.5 Å². The number of piperidine rings is 1. The highest BCUT2D eigenvalue weighted by Crippen LogP contribution is 2.28. The number of hydrogen-bond acceptors (Lipinski definition) is 3. The second-order valence-corrected chi connectivity index (χ2v) is 7.16. The Hall–Kier alpha value is -2.53. The van der Waals surface area contributed by atoms with Crippen molar-refractivity contribution in [3.63, 3.8) is 0 Å². The van der Waals surface area contributed by atoms with Crippen LogP contribution in [0.2, 0.25) is 0 Å². The lowest BCUT2D eigenvalue weighted by Gasteiger charge is -2.32. The van der Waals surface area contributed by atoms with Crippen LogP contribution in [0.1, 0.15) is 37.2 Å². The van der Waals surface area contributed by atoms with Gasteiger partial charge < -0.3 is 4.57 Å². The van der Waals surface area contributed by atoms with Crippen LogP contribution >= 0.6 is 0 Å². The van der Waals surface area contributed by atoms with Gasteiger partial charge in [0, 0.05) is 42.7 Å². The average Bonchev–Trinajstić information content (AvgIpc) is 3.15. The minimum Gasteiger partial charge on any atom is -0.334 e. The van der Waals surface area contributed by atoms with Crippen LogP contribution in [0.25, 0.3) is 11.3 Å². The number of nitrogens with zero attached hydrogens (tertiary/aromatic N) is 4. The lowest BCUT2D eigenvalue weighted by atomic mass is 9.94. The minimum atomic E-state index is -0.227. The molecule has 4 nitrogen and oxygen atoms in total. The molecule has 140 valence electrons. The fourth-order valence-electron chi connectivity index (χ4n) is 3.91. The third kappa shape index (κ3) is 4.08. The Morgan fingerprint density at radius 3 is 2.93 bits per heavy atom. The molecule has 1 aliphatic rings. The molecule has 3 aromatic rings. The first-order chi connectivity index (χ1) is 13.2. The molecular weight excluding hydrogens is 339 g/mol. The molecule has 1 fully saturated rings. The van der Waals surface area contributed by atoms with Gasteiger partial charge in [-0.25, -0.2) is 9.37 Å². The number of hydrogen-bond donors (Lipinski definition) is 0. The summed E-state index contributed by atoms with van der Waals surface area (Å²) >= 11 is 0. The predicted molar refractivity (Wildman–Crippen MR) is 105 cm³/mol. The lowest BCUT2D eigenvalue weighted by Crippen LogP contribution is -2.35. The lowest BCUT2D eigenvalue weighted by molar-refractivity contribution is 0.192. The third-order valence-electron chi connectivity index (χ3n) is 5.32. The summed E-state index contributed by atoms with van der Waals surface area (Å²) in [6, 6.07) is 12.7. The van der Waals surface area contributed by atoms with Crippen molar-refractivity contribution >= 4 is 0 Å². The van der Waals surface area contributed by atoms with Crippen molar-refractivity contribution in [3.05, 3.63) is 72.2 Å². The molecule has 0 radical (unpaired) electrons. The van der Waals surface area contributed by atoms with Crippen molar-refractivity contribution in [2.75, 3.05) is 13.1 Å². The molecule has 2 aromatic heterocycles. The van der Waals surface area contributed by atoms with E-state index in [0.717, 1.165) is 61.8 Å². The van der Waals surface area contributed by atoms with E-state index in [9.17, 15) is 4.39 Å². The van der Waals surface area contributed by atoms with Crippen LogP contribution in [0, 0.1) is 5.82 Å². The first kappa shape index (κ1) is 17.9. The van der Waals surface area contributed by atoms with Crippen LogP contribution < -0.4 is 0 Å². The van der Waals surface area contributed by atoms with Crippen molar-refractivity contribution in [1.29, 1.82) is 0 Å². The largest absolute Gasteiger partial charge is 0.334 e. The number of imidazole rings is 1. The summed E-state index contributed by atoms with van der Waals surface area (Å²) in [5.41, 5.74) is 2.76. The van der Waals surface area contributed by atoms with Crippen molar-refractivity contribution in [3.8, 4) is 11.3 Å². The van der Waals surface area contributed by atoms with Gasteiger partial charge in [0.2, 0.25) is 0 Å². The molecule has 3 heterocycles. The van der Waals surface area contributed by atoms with Gasteiger partial charge in [-0.3, -0.25) is 9.88 Å². The minimum absolute atomic E-state index is 0.227. The van der Waals surface area contributed by atoms with Crippen LogP contribution in [0.5, 0.6) is 0 Å². The summed E-state index contributed by atoms with van der Waals surface area (Å²) in [6.45, 7) is 6.05. The molecule has 0 bridgehead atoms. The maximum Gasteiger partial charge on any atom is 0.123 e. The van der Waals surface area contributed by atoms with Gasteiger partial charge in [0.15, 0.2) is 0 Å². The monoisotopic (exact) mass is 364 g/mol. The second-order valence-electron chi connectivity index (χ2n) is 7.16. The summed E-state index contributed by atoms with van der Waals surface area (Å²) in [5, 5.41) is 0. The highest BCUT2D eigenvalue weighted by atomic mass is 19.1. The van der Waals surface area contributed by atoms with Crippen LogP contribution in [0.15, 0.2) is 54.9 Å². The van der Waals surface area contributed by atoms with E-state index in [1.54, 1.807) is 12.1 Å². The van der Waals surface area contributed by atoms with Crippen molar-refractivity contribution in [1.82, 2.24) is 19.4 Å². The standard InChI is InChI=1S/C22H25FN4/c1-2-27-13-11-24-22(27)16-26-12-5-7-18(15-26)21-10-4-9-20(25-21)17-6-3-8-19(23)14-17/h3-4,6,8-11,13-14,18H,2,5,7,12,15-16H2,1H3/t18-/m0/s1. The number of aryl methyl sites for hydroxylation is 1. The molecule has 5 heteroatoms. The number of benzene rings is 1. The Balaban J connectivity index is 1.50. The maximum atomic E-state index is 13.6. The van der Waals surface area contributed by atoms with Crippen molar-refractivity contribution in [2.24, 2.45) is 0 Å². The number of likely N-dealkylation sites (tertiary alicyclic amines) is 1. The fraction of sp³-hybridized carbons (Fsp3) is 0.364. The summed E-state index contributed by atoms with van der Waals surface area (Å²) in [4.78, 5) is 11.8. The van der Waals surface area contributed by atoms with Gasteiger partial charge in [-0.05, 0) is 50.6 Å². The second kappa shape index (κ2) is 8.01. The molecule has 1 aromatic carbocycles. The van der Waals surface area contributed by atoms with Crippen molar-refractivity contribution < 1.29 is 4.39 Å². The molecular formula is C22H25FN4. The first-order valence-electron chi connectivity index (χ1n) is 9.68. The molecule has 1 atom stereocenters. The summed E-state index contributed by atoms with van der Waals surface area (Å²) in [7, 11) is 0. The van der Waals surface area contributed by atoms with E-state index in [1.807, 2.05) is 30.6 Å². The van der Waals surface area contributed by atoms with Gasteiger partial charge in [0.05, 0.1) is 12.2 Å². The smallest absolute Gasteiger partial charge is 0.123 e. The van der Waals surface area contributed by atoms with Crippen LogP contribution in [-0.2, 0) is 13.1 Å². The zero-order chi connectivity index (χ0) is 18.6. The zero-order valence-electron chi connectivity index (χ0n) is 15.7. The Bertz CT molecular complexity index is 905. The summed E-state index contributed by atoms with van der Waals surface area (Å²) < 4.78 is 15.8. The van der Waals surface area contributed by atoms with E-state index in [2.05, 4.69) is 27.4 Å². The van der Waals surface area contributed by atoms with Crippen LogP contribution in [0.3, 0.4) is 0 Å². The molecule has 0 amide bonds. The maximum absolute atomic E-state index is 13.6. The molecule has 0 aliphatic carbocycles. The Kier molecular flexibility index (Phi) is 5.30. The Morgan fingerprint density at radius 1 is 1.19 bits per heavy atom. The van der Waals surface area contributed by atoms with Gasteiger partial charge in [-0.1, -0.05) is 18.2 Å². The SMILES string of the molecule is CCn1ccnc1CN1CCC[C@H](c2cccc(-c3cccc(F)c3)n2)C1. The molecule has 1 saturated heterocycles. The molecule has 1 aliphatic heterocycles. The molecule has 0 N–H and O–H groups in total. The van der Waals surface area contributed by atoms with E-state index >= 15 is 0 Å². The van der Waals surface area contributed by atoms with E-state index < -0.39 is 0 Å². The highest BCUT2D eigenvalue weighted by molar-refractivity contribution is 5.59. The zero-order valence-corrected chi connectivity index (χ0v) is 15.7. The summed E-state index contributed by atoms with van der Waals surface area (Å²) in [5.74, 6) is 1.30. The third-order valence-corrected chi connectivity index (χ3v) is 5.32. The number of aromatic nitrogens is 3. The number of rotatable bonds is 5. The molecule has 0 spiro atoms. The quantitative estimate of drug-likeness (QED) is 0.669.